The highest BCUT2D eigenvalue weighted by Crippen LogP contribution is 2.40. The van der Waals surface area contributed by atoms with Gasteiger partial charge in [-0.25, -0.2) is 4.98 Å². The first kappa shape index (κ1) is 25.8. The summed E-state index contributed by atoms with van der Waals surface area (Å²) in [5.41, 5.74) is 3.36. The third-order valence-electron chi connectivity index (χ3n) is 5.34. The highest BCUT2D eigenvalue weighted by Gasteiger charge is 2.27. The van der Waals surface area contributed by atoms with E-state index < -0.39 is 18.0 Å². The zero-order valence-electron chi connectivity index (χ0n) is 19.5. The van der Waals surface area contributed by atoms with Crippen LogP contribution >= 0.6 is 23.2 Å². The van der Waals surface area contributed by atoms with Crippen LogP contribution in [0.15, 0.2) is 30.3 Å². The number of hydrogen-bond acceptors (Lipinski definition) is 7. The predicted octanol–water partition coefficient (Wildman–Crippen LogP) is 5.43. The maximum Gasteiger partial charge on any atom is 0.310 e. The standard InChI is InChI=1S/C20H21Cl2N3O2.C4H6O3/c1-3-17(26)13-6-7-14(21)18-19(13)25-10-4-9-24(20(25)23-18)16-8-5-12(27-2)11-15(16)22;1-3(5)7-4(2)6/h5-8,11,17,26H,3-4,9-10H2,1-2H3;1-2H3. The SMILES string of the molecule is CC(=O)OC(C)=O.CCC(O)c1ccc(Cl)c2nc3n(c12)CCCN3c1ccc(OC)cc1Cl. The van der Waals surface area contributed by atoms with Crippen molar-refractivity contribution in [1.82, 2.24) is 9.55 Å². The maximum absolute atomic E-state index is 10.5. The van der Waals surface area contributed by atoms with E-state index in [0.29, 0.717) is 27.7 Å². The van der Waals surface area contributed by atoms with Crippen LogP contribution in [-0.4, -0.2) is 40.3 Å². The average molecular weight is 508 g/mol. The molecule has 0 radical (unpaired) electrons. The molecule has 0 bridgehead atoms. The monoisotopic (exact) mass is 507 g/mol. The van der Waals surface area contributed by atoms with Crippen LogP contribution in [0, 0.1) is 0 Å². The van der Waals surface area contributed by atoms with Gasteiger partial charge in [0.15, 0.2) is 0 Å². The number of carbonyl (C=O) groups is 2. The summed E-state index contributed by atoms with van der Waals surface area (Å²) in [6, 6.07) is 9.34. The van der Waals surface area contributed by atoms with E-state index in [0.717, 1.165) is 42.2 Å². The maximum atomic E-state index is 10.5. The molecule has 182 valence electrons. The summed E-state index contributed by atoms with van der Waals surface area (Å²) in [5.74, 6) is 0.381. The fourth-order valence-corrected chi connectivity index (χ4v) is 4.35. The molecule has 2 heterocycles. The van der Waals surface area contributed by atoms with E-state index in [-0.39, 0.29) is 0 Å². The van der Waals surface area contributed by atoms with E-state index in [2.05, 4.69) is 14.2 Å². The van der Waals surface area contributed by atoms with Crippen molar-refractivity contribution in [3.63, 3.8) is 0 Å². The summed E-state index contributed by atoms with van der Waals surface area (Å²) in [7, 11) is 1.62. The van der Waals surface area contributed by atoms with Gasteiger partial charge in [-0.05, 0) is 31.0 Å². The Bertz CT molecular complexity index is 1200. The Morgan fingerprint density at radius 2 is 1.82 bits per heavy atom. The van der Waals surface area contributed by atoms with Crippen LogP contribution in [0.25, 0.3) is 11.0 Å². The highest BCUT2D eigenvalue weighted by molar-refractivity contribution is 6.35. The molecule has 0 aliphatic carbocycles. The van der Waals surface area contributed by atoms with Gasteiger partial charge >= 0.3 is 11.9 Å². The number of hydrogen-bond donors (Lipinski definition) is 1. The molecule has 1 aliphatic heterocycles. The molecule has 8 nitrogen and oxygen atoms in total. The quantitative estimate of drug-likeness (QED) is 0.371. The molecule has 0 saturated carbocycles. The van der Waals surface area contributed by atoms with Gasteiger partial charge in [0.25, 0.3) is 0 Å². The number of aromatic nitrogens is 2. The number of halogens is 2. The Morgan fingerprint density at radius 1 is 1.12 bits per heavy atom. The van der Waals surface area contributed by atoms with Crippen molar-refractivity contribution < 1.29 is 24.2 Å². The number of carbonyl (C=O) groups excluding carboxylic acids is 2. The number of fused-ring (bicyclic) bond motifs is 3. The molecule has 1 unspecified atom stereocenters. The summed E-state index contributed by atoms with van der Waals surface area (Å²) >= 11 is 13.0. The van der Waals surface area contributed by atoms with Gasteiger partial charge in [-0.1, -0.05) is 36.2 Å². The lowest BCUT2D eigenvalue weighted by molar-refractivity contribution is -0.156. The van der Waals surface area contributed by atoms with Crippen LogP contribution in [0.1, 0.15) is 45.3 Å². The molecule has 0 spiro atoms. The fourth-order valence-electron chi connectivity index (χ4n) is 3.88. The molecule has 1 atom stereocenters. The van der Waals surface area contributed by atoms with Crippen LogP contribution in [0.5, 0.6) is 5.75 Å². The van der Waals surface area contributed by atoms with Crippen molar-refractivity contribution in [3.8, 4) is 5.75 Å². The molecule has 1 N–H and O–H groups in total. The summed E-state index contributed by atoms with van der Waals surface area (Å²) in [5, 5.41) is 11.7. The molecule has 34 heavy (non-hydrogen) atoms. The first-order valence-corrected chi connectivity index (χ1v) is 11.6. The first-order valence-electron chi connectivity index (χ1n) is 10.8. The van der Waals surface area contributed by atoms with Gasteiger partial charge in [-0.3, -0.25) is 9.59 Å². The van der Waals surface area contributed by atoms with Crippen LogP contribution in [0.2, 0.25) is 10.0 Å². The second-order valence-electron chi connectivity index (χ2n) is 7.73. The summed E-state index contributed by atoms with van der Waals surface area (Å²) in [6.45, 7) is 5.95. The van der Waals surface area contributed by atoms with Crippen molar-refractivity contribution in [2.45, 2.75) is 46.3 Å². The van der Waals surface area contributed by atoms with E-state index in [1.54, 1.807) is 13.2 Å². The van der Waals surface area contributed by atoms with Crippen LogP contribution in [0.4, 0.5) is 11.6 Å². The molecule has 10 heteroatoms. The number of esters is 2. The lowest BCUT2D eigenvalue weighted by atomic mass is 10.1. The Hall–Kier alpha value is -2.81. The predicted molar refractivity (Wildman–Crippen MR) is 132 cm³/mol. The molecular formula is C24H27Cl2N3O5. The van der Waals surface area contributed by atoms with Gasteiger partial charge in [0.05, 0.1) is 34.5 Å². The number of rotatable bonds is 4. The lowest BCUT2D eigenvalue weighted by Crippen LogP contribution is -2.28. The Balaban J connectivity index is 0.000000406. The van der Waals surface area contributed by atoms with Gasteiger partial charge in [-0.15, -0.1) is 0 Å². The summed E-state index contributed by atoms with van der Waals surface area (Å²) in [4.78, 5) is 26.6. The van der Waals surface area contributed by atoms with Gasteiger partial charge in [-0.2, -0.15) is 0 Å². The number of anilines is 2. The third kappa shape index (κ3) is 5.46. The van der Waals surface area contributed by atoms with Gasteiger partial charge in [0.2, 0.25) is 5.95 Å². The van der Waals surface area contributed by atoms with E-state index in [1.165, 1.54) is 13.8 Å². The highest BCUT2D eigenvalue weighted by atomic mass is 35.5. The zero-order valence-corrected chi connectivity index (χ0v) is 21.0. The Morgan fingerprint density at radius 3 is 2.38 bits per heavy atom. The van der Waals surface area contributed by atoms with Gasteiger partial charge in [0.1, 0.15) is 11.3 Å². The second-order valence-corrected chi connectivity index (χ2v) is 8.54. The third-order valence-corrected chi connectivity index (χ3v) is 5.95. The largest absolute Gasteiger partial charge is 0.497 e. The van der Waals surface area contributed by atoms with Crippen LogP contribution in [-0.2, 0) is 20.9 Å². The van der Waals surface area contributed by atoms with E-state index >= 15 is 0 Å². The minimum Gasteiger partial charge on any atom is -0.497 e. The summed E-state index contributed by atoms with van der Waals surface area (Å²) < 4.78 is 11.4. The van der Waals surface area contributed by atoms with E-state index in [1.807, 2.05) is 31.2 Å². The summed E-state index contributed by atoms with van der Waals surface area (Å²) in [6.07, 6.45) is 1.02. The molecule has 0 amide bonds. The van der Waals surface area contributed by atoms with Crippen molar-refractivity contribution in [3.05, 3.63) is 45.9 Å². The molecular weight excluding hydrogens is 481 g/mol. The molecule has 0 fully saturated rings. The molecule has 1 aromatic heterocycles. The number of aliphatic hydroxyl groups excluding tert-OH is 1. The Kier molecular flexibility index (Phi) is 8.41. The molecule has 0 saturated heterocycles. The number of ether oxygens (including phenoxy) is 2. The number of aryl methyl sites for hydroxylation is 1. The smallest absolute Gasteiger partial charge is 0.310 e. The number of benzene rings is 2. The van der Waals surface area contributed by atoms with Crippen LogP contribution < -0.4 is 9.64 Å². The van der Waals surface area contributed by atoms with E-state index in [9.17, 15) is 14.7 Å². The van der Waals surface area contributed by atoms with Crippen molar-refractivity contribution in [1.29, 1.82) is 0 Å². The first-order chi connectivity index (χ1) is 16.2. The van der Waals surface area contributed by atoms with Crippen molar-refractivity contribution in [2.75, 3.05) is 18.6 Å². The lowest BCUT2D eigenvalue weighted by Gasteiger charge is -2.30. The number of methoxy groups -OCH3 is 1. The van der Waals surface area contributed by atoms with Crippen molar-refractivity contribution >= 4 is 57.8 Å². The molecule has 1 aliphatic rings. The average Bonchev–Trinajstić information content (AvgIpc) is 3.19. The second kappa shape index (κ2) is 11.1. The van der Waals surface area contributed by atoms with Gasteiger partial charge < -0.3 is 24.0 Å². The minimum absolute atomic E-state index is 0.550. The van der Waals surface area contributed by atoms with Crippen LogP contribution in [0.3, 0.4) is 0 Å². The van der Waals surface area contributed by atoms with Crippen molar-refractivity contribution in [2.24, 2.45) is 0 Å². The zero-order chi connectivity index (χ0) is 25.0. The van der Waals surface area contributed by atoms with E-state index in [4.69, 9.17) is 32.9 Å². The number of aliphatic hydroxyl groups is 1. The minimum atomic E-state index is -0.562. The number of imidazole rings is 1. The number of nitrogens with zero attached hydrogens (tertiary/aromatic N) is 3. The molecule has 4 rings (SSSR count). The van der Waals surface area contributed by atoms with Gasteiger partial charge in [0, 0.05) is 38.6 Å². The topological polar surface area (TPSA) is 93.9 Å². The fraction of sp³-hybridized carbons (Fsp3) is 0.375. The molecule has 2 aromatic carbocycles. The molecule has 3 aromatic rings. The Labute approximate surface area is 208 Å². The normalized spacial score (nSPS) is 13.6.